The largest absolute Gasteiger partial charge is 0.398 e. The number of carbonyl (C=O) groups excluding carboxylic acids is 8. The second-order valence-corrected chi connectivity index (χ2v) is 13.1. The summed E-state index contributed by atoms with van der Waals surface area (Å²) in [5.41, 5.74) is 10.1. The fraction of sp³-hybridized carbons (Fsp3) is 0.429. The normalized spacial score (nSPS) is 13.1. The van der Waals surface area contributed by atoms with Crippen molar-refractivity contribution in [1.29, 1.82) is 0 Å². The lowest BCUT2D eigenvalue weighted by Gasteiger charge is -2.24. The van der Waals surface area contributed by atoms with Gasteiger partial charge in [0.1, 0.15) is 35.9 Å². The van der Waals surface area contributed by atoms with Gasteiger partial charge >= 0.3 is 0 Å². The van der Waals surface area contributed by atoms with E-state index in [9.17, 15) is 58.6 Å². The number of unbranched alkanes of at least 4 members (excludes halogenated alkanes) is 1. The molecule has 24 nitrogen and oxygen atoms in total. The molecule has 24 heteroatoms. The van der Waals surface area contributed by atoms with E-state index in [2.05, 4.69) is 42.5 Å². The standard InChI is InChI=1S/C35H48N12O12/c1-18(41-29(49)17-40-34(54)23-9-5-6-10-24(23)36)32(52)44-26(11-7-8-14-38-21(4)48)35(55)43-19(2)31(51)42-20(3)33(53)45-27(30(37)50)16-39-25-13-12-22(46(56)57)15-28(25)47(58)59/h5-6,9-10,12-13,15,18-20,26-27,39H,7-8,11,14,16-17,36H2,1-4H3,(H2,37,50)(H,38,48)(H,40,54)(H,41,49)(H,42,51)(H,43,55)(H,44,52)(H,45,53). The fourth-order valence-corrected chi connectivity index (χ4v) is 5.07. The van der Waals surface area contributed by atoms with E-state index in [1.54, 1.807) is 12.1 Å². The minimum Gasteiger partial charge on any atom is -0.398 e. The van der Waals surface area contributed by atoms with E-state index in [-0.39, 0.29) is 35.8 Å². The van der Waals surface area contributed by atoms with E-state index >= 15 is 0 Å². The Morgan fingerprint density at radius 1 is 0.712 bits per heavy atom. The van der Waals surface area contributed by atoms with Gasteiger partial charge in [-0.1, -0.05) is 12.1 Å². The van der Waals surface area contributed by atoms with Crippen LogP contribution < -0.4 is 54.0 Å². The van der Waals surface area contributed by atoms with Crippen LogP contribution in [0.25, 0.3) is 0 Å². The van der Waals surface area contributed by atoms with Crippen LogP contribution in [0.4, 0.5) is 22.7 Å². The molecule has 0 heterocycles. The van der Waals surface area contributed by atoms with Crippen LogP contribution in [-0.2, 0) is 33.6 Å². The summed E-state index contributed by atoms with van der Waals surface area (Å²) in [6, 6.07) is 2.47. The number of nitrogens with zero attached hydrogens (tertiary/aromatic N) is 2. The third-order valence-corrected chi connectivity index (χ3v) is 8.36. The Hall–Kier alpha value is -7.40. The molecule has 8 amide bonds. The number of nitrogens with two attached hydrogens (primary N) is 2. The molecule has 5 atom stereocenters. The summed E-state index contributed by atoms with van der Waals surface area (Å²) < 4.78 is 0. The number of non-ortho nitro benzene ring substituents is 1. The zero-order chi connectivity index (χ0) is 44.4. The topological polar surface area (TPSA) is 371 Å². The monoisotopic (exact) mass is 828 g/mol. The van der Waals surface area contributed by atoms with Crippen LogP contribution in [0.15, 0.2) is 42.5 Å². The average molecular weight is 829 g/mol. The fourth-order valence-electron chi connectivity index (χ4n) is 5.07. The summed E-state index contributed by atoms with van der Waals surface area (Å²) in [5.74, 6) is -6.00. The molecule has 0 aliphatic carbocycles. The lowest BCUT2D eigenvalue weighted by molar-refractivity contribution is -0.393. The van der Waals surface area contributed by atoms with Crippen molar-refractivity contribution in [2.24, 2.45) is 5.73 Å². The number of primary amides is 1. The number of carbonyl (C=O) groups is 8. The second-order valence-electron chi connectivity index (χ2n) is 13.1. The van der Waals surface area contributed by atoms with Gasteiger partial charge in [0.2, 0.25) is 41.4 Å². The summed E-state index contributed by atoms with van der Waals surface area (Å²) >= 11 is 0. The molecular formula is C35H48N12O12. The molecule has 5 unspecified atom stereocenters. The number of amides is 8. The molecule has 320 valence electrons. The van der Waals surface area contributed by atoms with Crippen LogP contribution >= 0.6 is 0 Å². The van der Waals surface area contributed by atoms with Crippen LogP contribution in [0.1, 0.15) is 57.3 Å². The number of nitrogens with one attached hydrogen (secondary N) is 8. The maximum Gasteiger partial charge on any atom is 0.299 e. The van der Waals surface area contributed by atoms with Crippen molar-refractivity contribution in [1.82, 2.24) is 37.2 Å². The highest BCUT2D eigenvalue weighted by molar-refractivity contribution is 6.01. The number of para-hydroxylation sites is 1. The molecule has 0 fully saturated rings. The van der Waals surface area contributed by atoms with Gasteiger partial charge < -0.3 is 54.0 Å². The Balaban J connectivity index is 2.01. The molecule has 2 rings (SSSR count). The van der Waals surface area contributed by atoms with Crippen LogP contribution in [0, 0.1) is 20.2 Å². The first-order chi connectivity index (χ1) is 27.7. The number of hydrogen-bond donors (Lipinski definition) is 10. The molecule has 0 radical (unpaired) electrons. The van der Waals surface area contributed by atoms with E-state index in [0.29, 0.717) is 18.9 Å². The lowest BCUT2D eigenvalue weighted by Crippen LogP contribution is -2.58. The Kier molecular flexibility index (Phi) is 18.6. The quantitative estimate of drug-likeness (QED) is 0.0256. The van der Waals surface area contributed by atoms with Gasteiger partial charge in [-0.2, -0.15) is 0 Å². The van der Waals surface area contributed by atoms with E-state index in [1.807, 2.05) is 0 Å². The molecule has 12 N–H and O–H groups in total. The smallest absolute Gasteiger partial charge is 0.299 e. The van der Waals surface area contributed by atoms with E-state index < -0.39 is 106 Å². The van der Waals surface area contributed by atoms with Crippen LogP contribution in [-0.4, -0.2) is 107 Å². The number of rotatable bonds is 23. The first-order valence-corrected chi connectivity index (χ1v) is 18.1. The Bertz CT molecular complexity index is 1930. The Labute approximate surface area is 337 Å². The number of hydrogen-bond acceptors (Lipinski definition) is 14. The van der Waals surface area contributed by atoms with Crippen molar-refractivity contribution in [3.8, 4) is 0 Å². The summed E-state index contributed by atoms with van der Waals surface area (Å²) in [7, 11) is 0. The zero-order valence-electron chi connectivity index (χ0n) is 32.6. The molecule has 0 spiro atoms. The summed E-state index contributed by atoms with van der Waals surface area (Å²) in [4.78, 5) is 121. The van der Waals surface area contributed by atoms with E-state index in [1.165, 1.54) is 39.8 Å². The van der Waals surface area contributed by atoms with Gasteiger partial charge in [0.05, 0.1) is 28.0 Å². The summed E-state index contributed by atoms with van der Waals surface area (Å²) in [5, 5.41) is 42.1. The van der Waals surface area contributed by atoms with Gasteiger partial charge in [-0.15, -0.1) is 0 Å². The molecule has 0 aromatic heterocycles. The first kappa shape index (κ1) is 47.8. The van der Waals surface area contributed by atoms with Gasteiger partial charge in [0, 0.05) is 31.8 Å². The predicted molar refractivity (Wildman–Crippen MR) is 210 cm³/mol. The minimum absolute atomic E-state index is 0.0467. The maximum atomic E-state index is 13.4. The lowest BCUT2D eigenvalue weighted by atomic mass is 10.1. The van der Waals surface area contributed by atoms with Crippen molar-refractivity contribution in [2.45, 2.75) is 77.2 Å². The number of anilines is 2. The SMILES string of the molecule is CC(=O)NCCCCC(NC(=O)C(C)NC(=O)CNC(=O)c1ccccc1N)C(=O)NC(C)C(=O)NC(C)C(=O)NC(CNc1ccc([N+](=O)[O-])cc1[N+](=O)[O-])C(N)=O. The number of benzene rings is 2. The van der Waals surface area contributed by atoms with Crippen LogP contribution in [0.5, 0.6) is 0 Å². The Morgan fingerprint density at radius 3 is 1.86 bits per heavy atom. The summed E-state index contributed by atoms with van der Waals surface area (Å²) in [6.45, 7) is 4.54. The number of nitro benzene ring substituents is 2. The van der Waals surface area contributed by atoms with Crippen molar-refractivity contribution in [3.05, 3.63) is 68.3 Å². The molecule has 0 aliphatic rings. The highest BCUT2D eigenvalue weighted by Crippen LogP contribution is 2.28. The molecule has 2 aromatic rings. The maximum absolute atomic E-state index is 13.4. The molecule has 59 heavy (non-hydrogen) atoms. The molecule has 2 aromatic carbocycles. The van der Waals surface area contributed by atoms with E-state index in [4.69, 9.17) is 11.5 Å². The molecule has 0 saturated heterocycles. The third kappa shape index (κ3) is 15.9. The Morgan fingerprint density at radius 2 is 1.29 bits per heavy atom. The third-order valence-electron chi connectivity index (χ3n) is 8.36. The van der Waals surface area contributed by atoms with Crippen LogP contribution in [0.3, 0.4) is 0 Å². The van der Waals surface area contributed by atoms with Crippen molar-refractivity contribution >= 4 is 70.0 Å². The predicted octanol–water partition coefficient (Wildman–Crippen LogP) is -1.80. The van der Waals surface area contributed by atoms with Gasteiger partial charge in [-0.25, -0.2) is 0 Å². The van der Waals surface area contributed by atoms with Crippen molar-refractivity contribution in [3.63, 3.8) is 0 Å². The minimum atomic E-state index is -1.47. The molecule has 0 bridgehead atoms. The number of nitro groups is 2. The first-order valence-electron chi connectivity index (χ1n) is 18.1. The van der Waals surface area contributed by atoms with Crippen LogP contribution in [0.2, 0.25) is 0 Å². The van der Waals surface area contributed by atoms with Gasteiger partial charge in [-0.3, -0.25) is 58.6 Å². The molecule has 0 saturated carbocycles. The zero-order valence-corrected chi connectivity index (χ0v) is 32.6. The highest BCUT2D eigenvalue weighted by Gasteiger charge is 2.29. The van der Waals surface area contributed by atoms with Gasteiger partial charge in [0.15, 0.2) is 0 Å². The number of nitrogen functional groups attached to an aromatic ring is 1. The second kappa shape index (κ2) is 23.0. The molecular weight excluding hydrogens is 780 g/mol. The van der Waals surface area contributed by atoms with Gasteiger partial charge in [-0.05, 0) is 58.2 Å². The van der Waals surface area contributed by atoms with Gasteiger partial charge in [0.25, 0.3) is 17.3 Å². The highest BCUT2D eigenvalue weighted by atomic mass is 16.6. The van der Waals surface area contributed by atoms with Crippen molar-refractivity contribution < 1.29 is 48.2 Å². The van der Waals surface area contributed by atoms with Crippen molar-refractivity contribution in [2.75, 3.05) is 30.7 Å². The molecule has 0 aliphatic heterocycles. The average Bonchev–Trinajstić information content (AvgIpc) is 3.17. The summed E-state index contributed by atoms with van der Waals surface area (Å²) in [6.07, 6.45) is 0.802. The van der Waals surface area contributed by atoms with E-state index in [0.717, 1.165) is 12.1 Å².